The number of carbonyl (C=O) groups is 1. The second kappa shape index (κ2) is 12.0. The number of aromatic nitrogens is 3. The maximum atomic E-state index is 15.5. The van der Waals surface area contributed by atoms with E-state index in [4.69, 9.17) is 25.7 Å². The topological polar surface area (TPSA) is 117 Å². The van der Waals surface area contributed by atoms with E-state index in [9.17, 15) is 14.9 Å². The zero-order valence-electron chi connectivity index (χ0n) is 27.0. The molecule has 3 aromatic heterocycles. The molecule has 0 unspecified atom stereocenters. The van der Waals surface area contributed by atoms with Crippen molar-refractivity contribution in [1.29, 1.82) is 5.26 Å². The lowest BCUT2D eigenvalue weighted by atomic mass is 9.97. The zero-order valence-corrected chi connectivity index (χ0v) is 27.7. The summed E-state index contributed by atoms with van der Waals surface area (Å²) < 4.78 is 28.1. The van der Waals surface area contributed by atoms with Gasteiger partial charge < -0.3 is 19.0 Å². The predicted octanol–water partition coefficient (Wildman–Crippen LogP) is 7.43. The van der Waals surface area contributed by atoms with Gasteiger partial charge in [0.25, 0.3) is 0 Å². The van der Waals surface area contributed by atoms with Crippen LogP contribution in [0.1, 0.15) is 58.6 Å². The Labute approximate surface area is 275 Å². The smallest absolute Gasteiger partial charge is 0.410 e. The van der Waals surface area contributed by atoms with Crippen LogP contribution >= 0.6 is 11.6 Å². The van der Waals surface area contributed by atoms with E-state index < -0.39 is 23.2 Å². The minimum absolute atomic E-state index is 0.0498. The number of para-hydroxylation sites is 1. The third-order valence-electron chi connectivity index (χ3n) is 8.19. The second-order valence-electron chi connectivity index (χ2n) is 13.0. The van der Waals surface area contributed by atoms with E-state index in [-0.39, 0.29) is 45.0 Å². The molecule has 47 heavy (non-hydrogen) atoms. The number of nitriles is 1. The van der Waals surface area contributed by atoms with E-state index in [1.165, 1.54) is 16.9 Å². The minimum Gasteiger partial charge on any atom is -0.464 e. The molecule has 0 saturated carbocycles. The summed E-state index contributed by atoms with van der Waals surface area (Å²) in [6, 6.07) is 13.4. The molecule has 1 atom stereocenters. The maximum absolute atomic E-state index is 15.5. The number of amides is 1. The van der Waals surface area contributed by atoms with Crippen molar-refractivity contribution in [2.45, 2.75) is 59.1 Å². The summed E-state index contributed by atoms with van der Waals surface area (Å²) in [5, 5.41) is 11.3. The number of carbonyl (C=O) groups excluding carboxylic acids is 1. The Kier molecular flexibility index (Phi) is 8.18. The Morgan fingerprint density at radius 3 is 2.62 bits per heavy atom. The van der Waals surface area contributed by atoms with Crippen molar-refractivity contribution >= 4 is 45.5 Å². The Bertz CT molecular complexity index is 2150. The number of hydrogen-bond acceptors (Lipinski definition) is 8. The van der Waals surface area contributed by atoms with Gasteiger partial charge in [-0.15, -0.1) is 0 Å². The highest BCUT2D eigenvalue weighted by atomic mass is 35.5. The summed E-state index contributed by atoms with van der Waals surface area (Å²) in [5.74, 6) is -0.353. The average molecular weight is 657 g/mol. The molecular formula is C35H34ClFN6O4. The fourth-order valence-electron chi connectivity index (χ4n) is 6.06. The third-order valence-corrected chi connectivity index (χ3v) is 8.48. The monoisotopic (exact) mass is 656 g/mol. The summed E-state index contributed by atoms with van der Waals surface area (Å²) in [4.78, 5) is 40.1. The van der Waals surface area contributed by atoms with Gasteiger partial charge in [0.05, 0.1) is 39.2 Å². The van der Waals surface area contributed by atoms with Gasteiger partial charge in [0.1, 0.15) is 28.9 Å². The minimum atomic E-state index is -0.670. The molecule has 1 saturated heterocycles. The Morgan fingerprint density at radius 1 is 1.17 bits per heavy atom. The lowest BCUT2D eigenvalue weighted by Gasteiger charge is -2.41. The van der Waals surface area contributed by atoms with Crippen LogP contribution in [0.25, 0.3) is 38.9 Å². The second-order valence-corrected chi connectivity index (χ2v) is 13.4. The summed E-state index contributed by atoms with van der Waals surface area (Å²) >= 11 is 6.90. The number of piperazine rings is 1. The molecule has 5 aromatic rings. The van der Waals surface area contributed by atoms with Gasteiger partial charge in [-0.3, -0.25) is 0 Å². The van der Waals surface area contributed by atoms with E-state index >= 15 is 4.39 Å². The number of furan rings is 1. The van der Waals surface area contributed by atoms with Gasteiger partial charge in [-0.1, -0.05) is 37.6 Å². The molecule has 0 aliphatic carbocycles. The van der Waals surface area contributed by atoms with Gasteiger partial charge in [-0.05, 0) is 69.5 Å². The molecule has 1 aliphatic rings. The van der Waals surface area contributed by atoms with Crippen LogP contribution < -0.4 is 10.6 Å². The van der Waals surface area contributed by atoms with E-state index in [0.717, 1.165) is 5.56 Å². The summed E-state index contributed by atoms with van der Waals surface area (Å²) in [7, 11) is 0. The molecule has 2 aromatic carbocycles. The van der Waals surface area contributed by atoms with E-state index in [0.29, 0.717) is 41.9 Å². The first kappa shape index (κ1) is 32.0. The number of benzene rings is 2. The van der Waals surface area contributed by atoms with Gasteiger partial charge in [-0.2, -0.15) is 10.2 Å². The highest BCUT2D eigenvalue weighted by molar-refractivity contribution is 6.34. The molecular weight excluding hydrogens is 623 g/mol. The highest BCUT2D eigenvalue weighted by Crippen LogP contribution is 2.39. The van der Waals surface area contributed by atoms with Gasteiger partial charge in [0, 0.05) is 31.1 Å². The van der Waals surface area contributed by atoms with E-state index in [1.54, 1.807) is 35.2 Å². The van der Waals surface area contributed by atoms with Gasteiger partial charge >= 0.3 is 11.8 Å². The van der Waals surface area contributed by atoms with Crippen LogP contribution in [-0.4, -0.2) is 56.8 Å². The standard InChI is InChI=1S/C35H34ClFN6O4/c1-19(2)23-9-7-8-22(17-38)29(23)43-32-24(16-25(36)28(39-32)27-26(37)11-10-21-12-15-46-30(21)27)31(40-33(43)44)42-14-13-41(18-20(42)3)34(45)47-35(4,5)6/h7-12,15-16,19-20H,13-14,18H2,1-6H3/t20-/m0/s1. The molecule has 12 heteroatoms. The molecule has 242 valence electrons. The normalized spacial score (nSPS) is 15.4. The van der Waals surface area contributed by atoms with Crippen molar-refractivity contribution in [1.82, 2.24) is 19.4 Å². The van der Waals surface area contributed by atoms with E-state index in [2.05, 4.69) is 11.1 Å². The quantitative estimate of drug-likeness (QED) is 0.196. The largest absolute Gasteiger partial charge is 0.464 e. The molecule has 6 rings (SSSR count). The van der Waals surface area contributed by atoms with Crippen molar-refractivity contribution < 1.29 is 18.3 Å². The summed E-state index contributed by atoms with van der Waals surface area (Å²) in [6.45, 7) is 12.3. The number of anilines is 1. The molecule has 0 N–H and O–H groups in total. The predicted molar refractivity (Wildman–Crippen MR) is 179 cm³/mol. The highest BCUT2D eigenvalue weighted by Gasteiger charge is 2.33. The maximum Gasteiger partial charge on any atom is 0.410 e. The average Bonchev–Trinajstić information content (AvgIpc) is 3.49. The number of fused-ring (bicyclic) bond motifs is 2. The Balaban J connectivity index is 1.60. The first-order chi connectivity index (χ1) is 22.3. The van der Waals surface area contributed by atoms with Crippen LogP contribution in [0.3, 0.4) is 0 Å². The molecule has 0 spiro atoms. The Hall–Kier alpha value is -4.95. The van der Waals surface area contributed by atoms with Gasteiger partial charge in [-0.25, -0.2) is 23.5 Å². The van der Waals surface area contributed by atoms with Crippen LogP contribution in [0, 0.1) is 17.1 Å². The lowest BCUT2D eigenvalue weighted by molar-refractivity contribution is 0.0218. The number of nitrogens with zero attached hydrogens (tertiary/aromatic N) is 6. The number of halogens is 2. The number of rotatable bonds is 4. The van der Waals surface area contributed by atoms with Crippen molar-refractivity contribution in [2.24, 2.45) is 0 Å². The fraction of sp³-hybridized carbons (Fsp3) is 0.343. The van der Waals surface area contributed by atoms with Gasteiger partial charge in [0.15, 0.2) is 5.65 Å². The van der Waals surface area contributed by atoms with E-state index in [1.807, 2.05) is 52.5 Å². The van der Waals surface area contributed by atoms with Crippen LogP contribution in [0.5, 0.6) is 0 Å². The lowest BCUT2D eigenvalue weighted by Crippen LogP contribution is -2.55. The fourth-order valence-corrected chi connectivity index (χ4v) is 6.31. The molecule has 4 heterocycles. The molecule has 0 radical (unpaired) electrons. The van der Waals surface area contributed by atoms with Crippen molar-refractivity contribution in [3.05, 3.63) is 81.2 Å². The first-order valence-corrected chi connectivity index (χ1v) is 15.7. The number of hydrogen-bond donors (Lipinski definition) is 0. The van der Waals surface area contributed by atoms with Crippen LogP contribution in [0.15, 0.2) is 57.9 Å². The molecule has 1 fully saturated rings. The number of pyridine rings is 1. The van der Waals surface area contributed by atoms with Crippen molar-refractivity contribution in [3.8, 4) is 23.0 Å². The molecule has 10 nitrogen and oxygen atoms in total. The molecule has 1 aliphatic heterocycles. The van der Waals surface area contributed by atoms with Crippen LogP contribution in [0.2, 0.25) is 5.02 Å². The SMILES string of the molecule is CC(C)c1cccc(C#N)c1-n1c(=O)nc(N2CCN(C(=O)OC(C)(C)C)C[C@@H]2C)c2cc(Cl)c(-c3c(F)ccc4ccoc34)nc21. The summed E-state index contributed by atoms with van der Waals surface area (Å²) in [5.41, 5.74) is 0.552. The third kappa shape index (κ3) is 5.78. The van der Waals surface area contributed by atoms with Crippen LogP contribution in [-0.2, 0) is 4.74 Å². The van der Waals surface area contributed by atoms with Crippen LogP contribution in [0.4, 0.5) is 15.0 Å². The molecule has 0 bridgehead atoms. The van der Waals surface area contributed by atoms with Gasteiger partial charge in [0.2, 0.25) is 0 Å². The zero-order chi connectivity index (χ0) is 33.8. The first-order valence-electron chi connectivity index (χ1n) is 15.4. The summed E-state index contributed by atoms with van der Waals surface area (Å²) in [6.07, 6.45) is 1.03. The van der Waals surface area contributed by atoms with Crippen molar-refractivity contribution in [3.63, 3.8) is 0 Å². The number of ether oxygens (including phenoxy) is 1. The van der Waals surface area contributed by atoms with Crippen molar-refractivity contribution in [2.75, 3.05) is 24.5 Å². The Morgan fingerprint density at radius 2 is 1.94 bits per heavy atom. The molecule has 1 amide bonds.